The number of aromatic nitrogens is 1. The highest BCUT2D eigenvalue weighted by Gasteiger charge is 2.25. The SMILES string of the molecule is COc1ccc(-n2c(-c3ccccc3)c(C)c(-c3ccccc3)c(C(=O)c3ccccc3)c2=S)cc1. The van der Waals surface area contributed by atoms with E-state index in [1.165, 1.54) is 0 Å². The van der Waals surface area contributed by atoms with Gasteiger partial charge >= 0.3 is 0 Å². The van der Waals surface area contributed by atoms with E-state index >= 15 is 0 Å². The van der Waals surface area contributed by atoms with Crippen molar-refractivity contribution in [2.24, 2.45) is 0 Å². The summed E-state index contributed by atoms with van der Waals surface area (Å²) in [7, 11) is 1.64. The molecule has 0 spiro atoms. The lowest BCUT2D eigenvalue weighted by atomic mass is 9.89. The number of carbonyl (C=O) groups excluding carboxylic acids is 1. The van der Waals surface area contributed by atoms with E-state index in [2.05, 4.69) is 19.1 Å². The van der Waals surface area contributed by atoms with Gasteiger partial charge in [0.25, 0.3) is 0 Å². The van der Waals surface area contributed by atoms with E-state index in [1.54, 1.807) is 7.11 Å². The molecular weight excluding hydrogens is 462 g/mol. The number of nitrogens with zero attached hydrogens (tertiary/aromatic N) is 1. The third-order valence-corrected chi connectivity index (χ3v) is 6.71. The number of methoxy groups -OCH3 is 1. The lowest BCUT2D eigenvalue weighted by Crippen LogP contribution is -2.14. The first-order valence-corrected chi connectivity index (χ1v) is 12.2. The van der Waals surface area contributed by atoms with Crippen molar-refractivity contribution in [1.82, 2.24) is 4.57 Å². The Balaban J connectivity index is 1.92. The molecule has 0 bridgehead atoms. The average molecular weight is 488 g/mol. The Bertz CT molecular complexity index is 1570. The standard InChI is InChI=1S/C32H25NO2S/c1-22-28(23-12-6-3-7-13-23)29(31(34)25-16-10-5-11-17-25)32(36)33(26-18-20-27(35-2)21-19-26)30(22)24-14-8-4-9-15-24/h3-21H,1-2H3. The quantitative estimate of drug-likeness (QED) is 0.179. The first-order valence-electron chi connectivity index (χ1n) is 11.7. The van der Waals surface area contributed by atoms with Crippen LogP contribution in [0.4, 0.5) is 0 Å². The molecule has 0 aliphatic rings. The molecule has 0 radical (unpaired) electrons. The zero-order valence-corrected chi connectivity index (χ0v) is 21.0. The molecule has 0 aliphatic carbocycles. The summed E-state index contributed by atoms with van der Waals surface area (Å²) in [6.45, 7) is 2.07. The van der Waals surface area contributed by atoms with Crippen molar-refractivity contribution < 1.29 is 9.53 Å². The molecule has 4 aromatic carbocycles. The maximum Gasteiger partial charge on any atom is 0.196 e. The molecule has 5 aromatic rings. The van der Waals surface area contributed by atoms with Gasteiger partial charge in [0.15, 0.2) is 5.78 Å². The summed E-state index contributed by atoms with van der Waals surface area (Å²) in [5.41, 5.74) is 6.77. The second-order valence-corrected chi connectivity index (χ2v) is 8.88. The summed E-state index contributed by atoms with van der Waals surface area (Å²) < 4.78 is 7.87. The van der Waals surface area contributed by atoms with Crippen LogP contribution in [0, 0.1) is 11.6 Å². The summed E-state index contributed by atoms with van der Waals surface area (Å²) in [4.78, 5) is 14.0. The van der Waals surface area contributed by atoms with E-state index in [-0.39, 0.29) is 5.78 Å². The predicted molar refractivity (Wildman–Crippen MR) is 149 cm³/mol. The van der Waals surface area contributed by atoms with Crippen molar-refractivity contribution in [2.75, 3.05) is 7.11 Å². The van der Waals surface area contributed by atoms with Crippen LogP contribution in [0.25, 0.3) is 28.1 Å². The minimum atomic E-state index is -0.0931. The normalized spacial score (nSPS) is 10.7. The van der Waals surface area contributed by atoms with Gasteiger partial charge in [0.2, 0.25) is 0 Å². The molecule has 0 saturated carbocycles. The molecule has 3 nitrogen and oxygen atoms in total. The van der Waals surface area contributed by atoms with Gasteiger partial charge in [-0.05, 0) is 47.9 Å². The molecule has 0 saturated heterocycles. The highest BCUT2D eigenvalue weighted by Crippen LogP contribution is 2.38. The van der Waals surface area contributed by atoms with Crippen molar-refractivity contribution in [3.8, 4) is 33.8 Å². The number of rotatable bonds is 6. The van der Waals surface area contributed by atoms with E-state index in [9.17, 15) is 4.79 Å². The van der Waals surface area contributed by atoms with Crippen LogP contribution in [0.3, 0.4) is 0 Å². The molecule has 176 valence electrons. The smallest absolute Gasteiger partial charge is 0.196 e. The predicted octanol–water partition coefficient (Wildman–Crippen LogP) is 8.09. The van der Waals surface area contributed by atoms with Crippen LogP contribution in [0.15, 0.2) is 115 Å². The topological polar surface area (TPSA) is 31.2 Å². The lowest BCUT2D eigenvalue weighted by molar-refractivity contribution is 0.103. The molecule has 4 heteroatoms. The van der Waals surface area contributed by atoms with Crippen LogP contribution < -0.4 is 4.74 Å². The van der Waals surface area contributed by atoms with Crippen LogP contribution >= 0.6 is 12.2 Å². The number of ether oxygens (including phenoxy) is 1. The first kappa shape index (κ1) is 23.5. The lowest BCUT2D eigenvalue weighted by Gasteiger charge is -2.24. The molecule has 0 amide bonds. The Kier molecular flexibility index (Phi) is 6.61. The fourth-order valence-corrected chi connectivity index (χ4v) is 5.01. The zero-order valence-electron chi connectivity index (χ0n) is 20.1. The molecule has 0 aliphatic heterocycles. The highest BCUT2D eigenvalue weighted by atomic mass is 32.1. The Morgan fingerprint density at radius 2 is 1.25 bits per heavy atom. The largest absolute Gasteiger partial charge is 0.497 e. The maximum atomic E-state index is 14.0. The van der Waals surface area contributed by atoms with Gasteiger partial charge in [-0.1, -0.05) is 103 Å². The minimum absolute atomic E-state index is 0.0931. The summed E-state index contributed by atoms with van der Waals surface area (Å²) in [6.07, 6.45) is 0. The van der Waals surface area contributed by atoms with Gasteiger partial charge in [-0.15, -0.1) is 0 Å². The van der Waals surface area contributed by atoms with Crippen LogP contribution in [0.5, 0.6) is 5.75 Å². The number of ketones is 1. The number of carbonyl (C=O) groups is 1. The molecule has 5 rings (SSSR count). The molecule has 0 fully saturated rings. The van der Waals surface area contributed by atoms with Crippen molar-refractivity contribution in [1.29, 1.82) is 0 Å². The molecular formula is C32H25NO2S. The van der Waals surface area contributed by atoms with E-state index in [1.807, 2.05) is 108 Å². The maximum absolute atomic E-state index is 14.0. The average Bonchev–Trinajstić information content (AvgIpc) is 2.94. The van der Waals surface area contributed by atoms with Crippen LogP contribution in [-0.4, -0.2) is 17.5 Å². The van der Waals surface area contributed by atoms with Crippen molar-refractivity contribution >= 4 is 18.0 Å². The van der Waals surface area contributed by atoms with Crippen LogP contribution in [-0.2, 0) is 0 Å². The van der Waals surface area contributed by atoms with Crippen LogP contribution in [0.1, 0.15) is 21.5 Å². The molecule has 1 heterocycles. The number of hydrogen-bond donors (Lipinski definition) is 0. The molecule has 0 atom stereocenters. The van der Waals surface area contributed by atoms with Gasteiger partial charge in [0.05, 0.1) is 18.4 Å². The van der Waals surface area contributed by atoms with Gasteiger partial charge in [-0.25, -0.2) is 0 Å². The summed E-state index contributed by atoms with van der Waals surface area (Å²) in [6, 6.07) is 37.3. The fourth-order valence-electron chi connectivity index (χ4n) is 4.62. The van der Waals surface area contributed by atoms with Crippen molar-refractivity contribution in [2.45, 2.75) is 6.92 Å². The van der Waals surface area contributed by atoms with Gasteiger partial charge < -0.3 is 4.74 Å². The minimum Gasteiger partial charge on any atom is -0.497 e. The zero-order chi connectivity index (χ0) is 25.1. The summed E-state index contributed by atoms with van der Waals surface area (Å²) in [5.74, 6) is 0.661. The van der Waals surface area contributed by atoms with E-state index < -0.39 is 0 Å². The number of pyridine rings is 1. The van der Waals surface area contributed by atoms with Crippen molar-refractivity contribution in [3.05, 3.63) is 137 Å². The second-order valence-electron chi connectivity index (χ2n) is 8.49. The number of benzene rings is 4. The number of hydrogen-bond acceptors (Lipinski definition) is 3. The molecule has 0 N–H and O–H groups in total. The van der Waals surface area contributed by atoms with Gasteiger partial charge in [0, 0.05) is 16.8 Å². The first-order chi connectivity index (χ1) is 17.6. The van der Waals surface area contributed by atoms with E-state index in [4.69, 9.17) is 17.0 Å². The molecule has 0 unspecified atom stereocenters. The molecule has 1 aromatic heterocycles. The third kappa shape index (κ3) is 4.28. The Morgan fingerprint density at radius 3 is 1.81 bits per heavy atom. The molecule has 36 heavy (non-hydrogen) atoms. The van der Waals surface area contributed by atoms with Gasteiger partial charge in [-0.3, -0.25) is 9.36 Å². The third-order valence-electron chi connectivity index (χ3n) is 6.32. The fraction of sp³-hybridized carbons (Fsp3) is 0.0625. The Labute approximate surface area is 216 Å². The Morgan fingerprint density at radius 1 is 0.722 bits per heavy atom. The van der Waals surface area contributed by atoms with Gasteiger partial charge in [-0.2, -0.15) is 0 Å². The van der Waals surface area contributed by atoms with E-state index in [0.29, 0.717) is 15.8 Å². The van der Waals surface area contributed by atoms with Crippen LogP contribution in [0.2, 0.25) is 0 Å². The second kappa shape index (κ2) is 10.1. The Hall–Kier alpha value is -4.28. The monoisotopic (exact) mass is 487 g/mol. The highest BCUT2D eigenvalue weighted by molar-refractivity contribution is 7.71. The van der Waals surface area contributed by atoms with Crippen molar-refractivity contribution in [3.63, 3.8) is 0 Å². The van der Waals surface area contributed by atoms with Gasteiger partial charge in [0.1, 0.15) is 10.4 Å². The van der Waals surface area contributed by atoms with E-state index in [0.717, 1.165) is 39.4 Å². The summed E-state index contributed by atoms with van der Waals surface area (Å²) >= 11 is 6.16. The summed E-state index contributed by atoms with van der Waals surface area (Å²) in [5, 5.41) is 0.